The Kier molecular flexibility index (Phi) is 6.37. The van der Waals surface area contributed by atoms with Crippen molar-refractivity contribution in [3.05, 3.63) is 107 Å². The standard InChI is InChI=1S/C25H23FN2O2S/c1-17-7-5-10-19(13-17)24(30)28-22(23(29)27-15-18-8-3-2-4-9-18)16-31-25(28)20-11-6-12-21(26)14-20/h2-14,22,25H,15-16H2,1H3,(H,27,29). The van der Waals surface area contributed by atoms with Crippen LogP contribution in [0.15, 0.2) is 78.9 Å². The number of nitrogens with zero attached hydrogens (tertiary/aromatic N) is 1. The first-order valence-corrected chi connectivity index (χ1v) is 11.2. The molecule has 0 spiro atoms. The number of amides is 2. The van der Waals surface area contributed by atoms with Gasteiger partial charge in [-0.1, -0.05) is 60.2 Å². The third kappa shape index (κ3) is 4.80. The Morgan fingerprint density at radius 3 is 2.55 bits per heavy atom. The molecule has 4 rings (SSSR count). The average Bonchev–Trinajstić information content (AvgIpc) is 3.23. The highest BCUT2D eigenvalue weighted by molar-refractivity contribution is 7.99. The maximum atomic E-state index is 13.9. The fraction of sp³-hybridized carbons (Fsp3) is 0.200. The first-order chi connectivity index (χ1) is 15.0. The van der Waals surface area contributed by atoms with E-state index in [4.69, 9.17) is 0 Å². The van der Waals surface area contributed by atoms with Gasteiger partial charge in [-0.25, -0.2) is 4.39 Å². The van der Waals surface area contributed by atoms with Gasteiger partial charge in [0.15, 0.2) is 0 Å². The lowest BCUT2D eigenvalue weighted by Crippen LogP contribution is -2.47. The number of carbonyl (C=O) groups excluding carboxylic acids is 2. The molecule has 1 aliphatic heterocycles. The molecule has 4 nitrogen and oxygen atoms in total. The number of hydrogen-bond acceptors (Lipinski definition) is 3. The summed E-state index contributed by atoms with van der Waals surface area (Å²) in [5, 5.41) is 2.52. The smallest absolute Gasteiger partial charge is 0.255 e. The normalized spacial score (nSPS) is 18.1. The minimum absolute atomic E-state index is 0.212. The van der Waals surface area contributed by atoms with Gasteiger partial charge in [-0.05, 0) is 42.3 Å². The zero-order valence-corrected chi connectivity index (χ0v) is 17.9. The Bertz CT molecular complexity index is 1090. The third-order valence-corrected chi connectivity index (χ3v) is 6.57. The van der Waals surface area contributed by atoms with Crippen molar-refractivity contribution in [1.82, 2.24) is 10.2 Å². The van der Waals surface area contributed by atoms with E-state index in [1.807, 2.05) is 55.5 Å². The van der Waals surface area contributed by atoms with Crippen LogP contribution in [-0.2, 0) is 11.3 Å². The van der Waals surface area contributed by atoms with Crippen molar-refractivity contribution in [3.63, 3.8) is 0 Å². The Morgan fingerprint density at radius 1 is 1.03 bits per heavy atom. The summed E-state index contributed by atoms with van der Waals surface area (Å²) in [6.07, 6.45) is 0. The van der Waals surface area contributed by atoms with Crippen molar-refractivity contribution >= 4 is 23.6 Å². The summed E-state index contributed by atoms with van der Waals surface area (Å²) in [5.74, 6) is -0.364. The van der Waals surface area contributed by atoms with Gasteiger partial charge in [0, 0.05) is 17.9 Å². The topological polar surface area (TPSA) is 49.4 Å². The quantitative estimate of drug-likeness (QED) is 0.633. The first kappa shape index (κ1) is 21.1. The van der Waals surface area contributed by atoms with Crippen molar-refractivity contribution in [2.45, 2.75) is 24.9 Å². The average molecular weight is 435 g/mol. The molecule has 0 aromatic heterocycles. The van der Waals surface area contributed by atoms with Crippen molar-refractivity contribution in [3.8, 4) is 0 Å². The van der Waals surface area contributed by atoms with Crippen molar-refractivity contribution < 1.29 is 14.0 Å². The summed E-state index contributed by atoms with van der Waals surface area (Å²) < 4.78 is 13.9. The van der Waals surface area contributed by atoms with Gasteiger partial charge in [0.05, 0.1) is 0 Å². The van der Waals surface area contributed by atoms with Gasteiger partial charge in [0.1, 0.15) is 17.2 Å². The molecule has 31 heavy (non-hydrogen) atoms. The van der Waals surface area contributed by atoms with Crippen LogP contribution in [0.4, 0.5) is 4.39 Å². The highest BCUT2D eigenvalue weighted by Crippen LogP contribution is 2.42. The Hall–Kier alpha value is -3.12. The third-order valence-electron chi connectivity index (χ3n) is 5.25. The fourth-order valence-corrected chi connectivity index (χ4v) is 5.12. The van der Waals surface area contributed by atoms with Gasteiger partial charge in [-0.3, -0.25) is 9.59 Å². The van der Waals surface area contributed by atoms with Crippen LogP contribution in [-0.4, -0.2) is 28.5 Å². The summed E-state index contributed by atoms with van der Waals surface area (Å²) >= 11 is 1.48. The second kappa shape index (κ2) is 9.35. The highest BCUT2D eigenvalue weighted by atomic mass is 32.2. The van der Waals surface area contributed by atoms with Crippen LogP contribution < -0.4 is 5.32 Å². The van der Waals surface area contributed by atoms with E-state index < -0.39 is 11.4 Å². The zero-order valence-electron chi connectivity index (χ0n) is 17.1. The number of nitrogens with one attached hydrogen (secondary N) is 1. The Labute approximate surface area is 185 Å². The number of benzene rings is 3. The molecule has 1 aliphatic rings. The minimum atomic E-state index is -0.644. The van der Waals surface area contributed by atoms with Gasteiger partial charge in [-0.2, -0.15) is 0 Å². The zero-order chi connectivity index (χ0) is 21.8. The molecular formula is C25H23FN2O2S. The number of halogens is 1. The maximum Gasteiger partial charge on any atom is 0.255 e. The van der Waals surface area contributed by atoms with Crippen LogP contribution in [0.5, 0.6) is 0 Å². The molecule has 3 aromatic carbocycles. The van der Waals surface area contributed by atoms with Gasteiger partial charge in [0.25, 0.3) is 5.91 Å². The van der Waals surface area contributed by atoms with E-state index in [1.54, 1.807) is 23.1 Å². The molecule has 2 atom stereocenters. The van der Waals surface area contributed by atoms with E-state index in [0.717, 1.165) is 11.1 Å². The Balaban J connectivity index is 1.62. The molecule has 1 heterocycles. The maximum absolute atomic E-state index is 13.9. The molecule has 158 valence electrons. The molecule has 1 fully saturated rings. The van der Waals surface area contributed by atoms with Gasteiger partial charge in [0.2, 0.25) is 5.91 Å². The summed E-state index contributed by atoms with van der Waals surface area (Å²) in [4.78, 5) is 28.2. The fourth-order valence-electron chi connectivity index (χ4n) is 3.70. The van der Waals surface area contributed by atoms with E-state index in [1.165, 1.54) is 23.9 Å². The SMILES string of the molecule is Cc1cccc(C(=O)N2C(C(=O)NCc3ccccc3)CSC2c2cccc(F)c2)c1. The second-order valence-corrected chi connectivity index (χ2v) is 8.65. The number of aryl methyl sites for hydroxylation is 1. The molecule has 6 heteroatoms. The van der Waals surface area contributed by atoms with E-state index in [2.05, 4.69) is 5.32 Å². The van der Waals surface area contributed by atoms with Crippen LogP contribution in [0.3, 0.4) is 0 Å². The number of thioether (sulfide) groups is 1. The molecular weight excluding hydrogens is 411 g/mol. The number of carbonyl (C=O) groups is 2. The molecule has 3 aromatic rings. The number of rotatable bonds is 5. The summed E-state index contributed by atoms with van der Waals surface area (Å²) in [6, 6.07) is 22.5. The van der Waals surface area contributed by atoms with Crippen LogP contribution in [0, 0.1) is 12.7 Å². The predicted octanol–water partition coefficient (Wildman–Crippen LogP) is 4.71. The van der Waals surface area contributed by atoms with E-state index in [-0.39, 0.29) is 17.6 Å². The molecule has 0 saturated carbocycles. The largest absolute Gasteiger partial charge is 0.350 e. The van der Waals surface area contributed by atoms with Crippen LogP contribution >= 0.6 is 11.8 Å². The second-order valence-electron chi connectivity index (χ2n) is 7.54. The molecule has 1 saturated heterocycles. The van der Waals surface area contributed by atoms with Crippen molar-refractivity contribution in [1.29, 1.82) is 0 Å². The van der Waals surface area contributed by atoms with E-state index in [0.29, 0.717) is 23.4 Å². The van der Waals surface area contributed by atoms with Crippen LogP contribution in [0.2, 0.25) is 0 Å². The molecule has 0 radical (unpaired) electrons. The molecule has 0 bridgehead atoms. The lowest BCUT2D eigenvalue weighted by Gasteiger charge is -2.29. The van der Waals surface area contributed by atoms with Crippen molar-refractivity contribution in [2.75, 3.05) is 5.75 Å². The Morgan fingerprint density at radius 2 is 1.81 bits per heavy atom. The predicted molar refractivity (Wildman–Crippen MR) is 121 cm³/mol. The van der Waals surface area contributed by atoms with E-state index in [9.17, 15) is 14.0 Å². The van der Waals surface area contributed by atoms with Crippen LogP contribution in [0.25, 0.3) is 0 Å². The molecule has 2 amide bonds. The molecule has 1 N–H and O–H groups in total. The summed E-state index contributed by atoms with van der Waals surface area (Å²) in [5.41, 5.74) is 3.14. The lowest BCUT2D eigenvalue weighted by molar-refractivity contribution is -0.125. The highest BCUT2D eigenvalue weighted by Gasteiger charge is 2.42. The summed E-state index contributed by atoms with van der Waals surface area (Å²) in [7, 11) is 0. The van der Waals surface area contributed by atoms with Crippen LogP contribution in [0.1, 0.15) is 32.4 Å². The lowest BCUT2D eigenvalue weighted by atomic mass is 10.1. The van der Waals surface area contributed by atoms with Gasteiger partial charge >= 0.3 is 0 Å². The van der Waals surface area contributed by atoms with Gasteiger partial charge in [-0.15, -0.1) is 11.8 Å². The summed E-state index contributed by atoms with van der Waals surface area (Å²) in [6.45, 7) is 2.31. The molecule has 0 aliphatic carbocycles. The van der Waals surface area contributed by atoms with Crippen molar-refractivity contribution in [2.24, 2.45) is 0 Å². The van der Waals surface area contributed by atoms with E-state index >= 15 is 0 Å². The first-order valence-electron chi connectivity index (χ1n) is 10.1. The monoisotopic (exact) mass is 434 g/mol. The molecule has 2 unspecified atom stereocenters. The van der Waals surface area contributed by atoms with Gasteiger partial charge < -0.3 is 10.2 Å². The number of hydrogen-bond donors (Lipinski definition) is 1. The minimum Gasteiger partial charge on any atom is -0.350 e.